The molecule has 27 heavy (non-hydrogen) atoms. The Morgan fingerprint density at radius 3 is 2.67 bits per heavy atom. The average molecular weight is 406 g/mol. The molecule has 2 aromatic rings. The monoisotopic (exact) mass is 405 g/mol. The van der Waals surface area contributed by atoms with Gasteiger partial charge in [-0.25, -0.2) is 0 Å². The number of carbonyl (C=O) groups is 1. The maximum atomic E-state index is 12.4. The second kappa shape index (κ2) is 7.53. The third-order valence-electron chi connectivity index (χ3n) is 3.58. The number of nitriles is 1. The van der Waals surface area contributed by atoms with Crippen molar-refractivity contribution < 1.29 is 19.2 Å². The minimum Gasteiger partial charge on any atom is -0.454 e. The van der Waals surface area contributed by atoms with Gasteiger partial charge in [0.1, 0.15) is 11.6 Å². The molecule has 0 atom stereocenters. The van der Waals surface area contributed by atoms with Crippen molar-refractivity contribution in [2.24, 2.45) is 0 Å². The van der Waals surface area contributed by atoms with Gasteiger partial charge in [0.05, 0.1) is 32.3 Å². The number of nitrogens with zero attached hydrogens (tertiary/aromatic N) is 2. The Morgan fingerprint density at radius 2 is 2.00 bits per heavy atom. The van der Waals surface area contributed by atoms with E-state index in [9.17, 15) is 20.2 Å². The molecule has 0 aromatic heterocycles. The first-order chi connectivity index (χ1) is 12.9. The van der Waals surface area contributed by atoms with Crippen LogP contribution in [-0.4, -0.2) is 17.6 Å². The molecule has 1 heterocycles. The Balaban J connectivity index is 1.97. The molecule has 2 aromatic carbocycles. The summed E-state index contributed by atoms with van der Waals surface area (Å²) in [5.74, 6) is -0.302. The number of carbonyl (C=O) groups excluding carboxylic acids is 1. The van der Waals surface area contributed by atoms with Crippen molar-refractivity contribution in [1.82, 2.24) is 0 Å². The van der Waals surface area contributed by atoms with Crippen molar-refractivity contribution in [3.63, 3.8) is 0 Å². The van der Waals surface area contributed by atoms with E-state index in [1.807, 2.05) is 0 Å². The first-order valence-electron chi connectivity index (χ1n) is 7.36. The number of nitro benzene ring substituents is 1. The number of ether oxygens (including phenoxy) is 2. The number of hydrogen-bond donors (Lipinski definition) is 1. The molecule has 10 heteroatoms. The van der Waals surface area contributed by atoms with Crippen molar-refractivity contribution in [3.05, 3.63) is 61.6 Å². The Hall–Kier alpha value is -3.28. The van der Waals surface area contributed by atoms with Gasteiger partial charge in [-0.3, -0.25) is 14.9 Å². The van der Waals surface area contributed by atoms with Crippen LogP contribution in [0.1, 0.15) is 5.56 Å². The Labute approximate surface area is 162 Å². The highest BCUT2D eigenvalue weighted by Crippen LogP contribution is 2.39. The van der Waals surface area contributed by atoms with E-state index >= 15 is 0 Å². The molecule has 0 saturated carbocycles. The van der Waals surface area contributed by atoms with Gasteiger partial charge in [0.15, 0.2) is 11.5 Å². The van der Waals surface area contributed by atoms with Crippen LogP contribution < -0.4 is 14.8 Å². The maximum Gasteiger partial charge on any atom is 0.280 e. The van der Waals surface area contributed by atoms with Crippen LogP contribution in [0.15, 0.2) is 35.9 Å². The van der Waals surface area contributed by atoms with Gasteiger partial charge in [-0.1, -0.05) is 29.3 Å². The number of anilines is 1. The highest BCUT2D eigenvalue weighted by atomic mass is 35.5. The molecule has 8 nitrogen and oxygen atoms in total. The highest BCUT2D eigenvalue weighted by molar-refractivity contribution is 6.44. The SMILES string of the molecule is N#CC(=Cc1cc2c(cc1[N+](=O)[O-])OCO2)C(=O)Nc1cccc(Cl)c1Cl. The van der Waals surface area contributed by atoms with Crippen molar-refractivity contribution in [2.45, 2.75) is 0 Å². The summed E-state index contributed by atoms with van der Waals surface area (Å²) in [6.45, 7) is -0.0709. The van der Waals surface area contributed by atoms with Crippen molar-refractivity contribution in [2.75, 3.05) is 12.1 Å². The minimum atomic E-state index is -0.798. The zero-order valence-electron chi connectivity index (χ0n) is 13.4. The first-order valence-corrected chi connectivity index (χ1v) is 8.11. The largest absolute Gasteiger partial charge is 0.454 e. The summed E-state index contributed by atoms with van der Waals surface area (Å²) < 4.78 is 10.3. The summed E-state index contributed by atoms with van der Waals surface area (Å²) >= 11 is 11.9. The third-order valence-corrected chi connectivity index (χ3v) is 4.40. The molecule has 1 aliphatic heterocycles. The van der Waals surface area contributed by atoms with E-state index in [-0.39, 0.29) is 50.8 Å². The number of nitrogens with one attached hydrogen (secondary N) is 1. The van der Waals surface area contributed by atoms with Crippen molar-refractivity contribution in [1.29, 1.82) is 5.26 Å². The summed E-state index contributed by atoms with van der Waals surface area (Å²) in [7, 11) is 0. The van der Waals surface area contributed by atoms with Gasteiger partial charge in [-0.15, -0.1) is 0 Å². The summed E-state index contributed by atoms with van der Waals surface area (Å²) in [4.78, 5) is 23.1. The molecule has 0 spiro atoms. The molecular formula is C17H9Cl2N3O5. The standard InChI is InChI=1S/C17H9Cl2N3O5/c18-11-2-1-3-12(16(11)19)21-17(23)10(7-20)4-9-5-14-15(27-8-26-14)6-13(9)22(24)25/h1-6H,8H2,(H,21,23). The van der Waals surface area contributed by atoms with Crippen LogP contribution in [0.5, 0.6) is 11.5 Å². The predicted molar refractivity (Wildman–Crippen MR) is 97.9 cm³/mol. The maximum absolute atomic E-state index is 12.4. The van der Waals surface area contributed by atoms with Crippen LogP contribution >= 0.6 is 23.2 Å². The second-order valence-electron chi connectivity index (χ2n) is 5.25. The van der Waals surface area contributed by atoms with Crippen LogP contribution in [0.2, 0.25) is 10.0 Å². The van der Waals surface area contributed by atoms with Crippen LogP contribution in [0.3, 0.4) is 0 Å². The molecule has 0 fully saturated rings. The van der Waals surface area contributed by atoms with Gasteiger partial charge in [0, 0.05) is 0 Å². The van der Waals surface area contributed by atoms with Crippen LogP contribution in [0.25, 0.3) is 6.08 Å². The van der Waals surface area contributed by atoms with Gasteiger partial charge in [-0.05, 0) is 24.3 Å². The number of fused-ring (bicyclic) bond motifs is 1. The molecule has 1 aliphatic rings. The first kappa shape index (κ1) is 18.5. The molecule has 0 radical (unpaired) electrons. The topological polar surface area (TPSA) is 114 Å². The average Bonchev–Trinajstić information content (AvgIpc) is 3.09. The van der Waals surface area contributed by atoms with Crippen molar-refractivity contribution >= 4 is 46.6 Å². The number of hydrogen-bond acceptors (Lipinski definition) is 6. The molecule has 3 rings (SSSR count). The Kier molecular flexibility index (Phi) is 5.16. The normalized spacial score (nSPS) is 12.4. The number of benzene rings is 2. The molecule has 0 unspecified atom stereocenters. The second-order valence-corrected chi connectivity index (χ2v) is 6.03. The predicted octanol–water partition coefficient (Wildman–Crippen LogP) is 4.18. The lowest BCUT2D eigenvalue weighted by Crippen LogP contribution is -2.14. The molecule has 136 valence electrons. The molecule has 0 aliphatic carbocycles. The highest BCUT2D eigenvalue weighted by Gasteiger charge is 2.23. The van der Waals surface area contributed by atoms with Gasteiger partial charge in [0.25, 0.3) is 11.6 Å². The van der Waals surface area contributed by atoms with Crippen molar-refractivity contribution in [3.8, 4) is 17.6 Å². The summed E-state index contributed by atoms with van der Waals surface area (Å²) in [5, 5.41) is 23.4. The van der Waals surface area contributed by atoms with E-state index in [4.69, 9.17) is 32.7 Å². The van der Waals surface area contributed by atoms with E-state index in [1.165, 1.54) is 24.3 Å². The molecule has 1 N–H and O–H groups in total. The summed E-state index contributed by atoms with van der Waals surface area (Å²) in [6.07, 6.45) is 1.09. The van der Waals surface area contributed by atoms with Crippen LogP contribution in [0.4, 0.5) is 11.4 Å². The Morgan fingerprint density at radius 1 is 1.30 bits per heavy atom. The lowest BCUT2D eigenvalue weighted by atomic mass is 10.1. The fourth-order valence-electron chi connectivity index (χ4n) is 2.31. The van der Waals surface area contributed by atoms with Gasteiger partial charge >= 0.3 is 0 Å². The lowest BCUT2D eigenvalue weighted by molar-refractivity contribution is -0.385. The smallest absolute Gasteiger partial charge is 0.280 e. The fraction of sp³-hybridized carbons (Fsp3) is 0.0588. The molecule has 0 saturated heterocycles. The van der Waals surface area contributed by atoms with Gasteiger partial charge in [0.2, 0.25) is 6.79 Å². The summed E-state index contributed by atoms with van der Waals surface area (Å²) in [5.41, 5.74) is -0.475. The van der Waals surface area contributed by atoms with Crippen LogP contribution in [-0.2, 0) is 4.79 Å². The van der Waals surface area contributed by atoms with Crippen LogP contribution in [0, 0.1) is 21.4 Å². The van der Waals surface area contributed by atoms with E-state index in [2.05, 4.69) is 5.32 Å². The molecule has 1 amide bonds. The van der Waals surface area contributed by atoms with E-state index in [0.29, 0.717) is 0 Å². The zero-order valence-corrected chi connectivity index (χ0v) is 14.9. The number of halogens is 2. The number of amides is 1. The molecule has 0 bridgehead atoms. The lowest BCUT2D eigenvalue weighted by Gasteiger charge is -2.07. The minimum absolute atomic E-state index is 0.0214. The van der Waals surface area contributed by atoms with Gasteiger partial charge < -0.3 is 14.8 Å². The Bertz CT molecular complexity index is 1030. The molecular weight excluding hydrogens is 397 g/mol. The quantitative estimate of drug-likeness (QED) is 0.353. The van der Waals surface area contributed by atoms with Gasteiger partial charge in [-0.2, -0.15) is 5.26 Å². The zero-order chi connectivity index (χ0) is 19.6. The number of nitro groups is 1. The number of rotatable bonds is 4. The fourth-order valence-corrected chi connectivity index (χ4v) is 2.66. The van der Waals surface area contributed by atoms with E-state index in [1.54, 1.807) is 12.1 Å². The van der Waals surface area contributed by atoms with E-state index < -0.39 is 10.8 Å². The van der Waals surface area contributed by atoms with E-state index in [0.717, 1.165) is 6.08 Å². The third kappa shape index (κ3) is 3.79. The summed E-state index contributed by atoms with van der Waals surface area (Å²) in [6, 6.07) is 8.84.